The minimum absolute atomic E-state index is 0.361. The molecule has 1 aliphatic heterocycles. The van der Waals surface area contributed by atoms with Gasteiger partial charge < -0.3 is 19.3 Å². The molecule has 0 spiro atoms. The van der Waals surface area contributed by atoms with Crippen molar-refractivity contribution >= 4 is 23.5 Å². The SMILES string of the molecule is Cc1cccc(N2CCN(C(=O)Oc3ccc(Oc4ccc(Cl)cn4)cc3)CC2)n1. The summed E-state index contributed by atoms with van der Waals surface area (Å²) in [5.41, 5.74) is 0.980. The predicted molar refractivity (Wildman–Crippen MR) is 115 cm³/mol. The Morgan fingerprint density at radius 2 is 1.70 bits per heavy atom. The van der Waals surface area contributed by atoms with E-state index in [9.17, 15) is 4.79 Å². The third-order valence-corrected chi connectivity index (χ3v) is 4.91. The average Bonchev–Trinajstić information content (AvgIpc) is 2.77. The number of hydrogen-bond acceptors (Lipinski definition) is 6. The van der Waals surface area contributed by atoms with Gasteiger partial charge in [0, 0.05) is 44.1 Å². The number of pyridine rings is 2. The molecule has 3 heterocycles. The molecule has 2 aromatic heterocycles. The summed E-state index contributed by atoms with van der Waals surface area (Å²) < 4.78 is 11.1. The van der Waals surface area contributed by atoms with E-state index in [0.717, 1.165) is 11.5 Å². The monoisotopic (exact) mass is 424 g/mol. The van der Waals surface area contributed by atoms with Crippen molar-refractivity contribution in [1.82, 2.24) is 14.9 Å². The third kappa shape index (κ3) is 4.99. The zero-order chi connectivity index (χ0) is 20.9. The molecular weight excluding hydrogens is 404 g/mol. The van der Waals surface area contributed by atoms with Crippen LogP contribution in [0.15, 0.2) is 60.8 Å². The zero-order valence-electron chi connectivity index (χ0n) is 16.5. The normalized spacial score (nSPS) is 13.8. The number of anilines is 1. The van der Waals surface area contributed by atoms with Crippen LogP contribution in [-0.4, -0.2) is 47.1 Å². The molecule has 7 nitrogen and oxygen atoms in total. The molecular formula is C22H21ClN4O3. The standard InChI is InChI=1S/C22H21ClN4O3/c1-16-3-2-4-20(25-16)26-11-13-27(14-12-26)22(28)30-19-8-6-18(7-9-19)29-21-10-5-17(23)15-24-21/h2-10,15H,11-14H2,1H3. The molecule has 154 valence electrons. The van der Waals surface area contributed by atoms with Crippen LogP contribution < -0.4 is 14.4 Å². The van der Waals surface area contributed by atoms with Gasteiger partial charge in [-0.1, -0.05) is 17.7 Å². The van der Waals surface area contributed by atoms with Crippen LogP contribution in [0.25, 0.3) is 0 Å². The first-order valence-electron chi connectivity index (χ1n) is 9.62. The van der Waals surface area contributed by atoms with E-state index in [1.165, 1.54) is 6.20 Å². The molecule has 4 rings (SSSR count). The first kappa shape index (κ1) is 20.0. The smallest absolute Gasteiger partial charge is 0.415 e. The number of hydrogen-bond donors (Lipinski definition) is 0. The number of carbonyl (C=O) groups excluding carboxylic acids is 1. The maximum Gasteiger partial charge on any atom is 0.415 e. The molecule has 30 heavy (non-hydrogen) atoms. The van der Waals surface area contributed by atoms with E-state index in [2.05, 4.69) is 14.9 Å². The Morgan fingerprint density at radius 1 is 0.967 bits per heavy atom. The van der Waals surface area contributed by atoms with Crippen molar-refractivity contribution in [2.45, 2.75) is 6.92 Å². The summed E-state index contributed by atoms with van der Waals surface area (Å²) in [5, 5.41) is 0.542. The van der Waals surface area contributed by atoms with Gasteiger partial charge in [0.25, 0.3) is 0 Å². The van der Waals surface area contributed by atoms with Crippen LogP contribution >= 0.6 is 11.6 Å². The highest BCUT2D eigenvalue weighted by molar-refractivity contribution is 6.30. The molecule has 1 aliphatic rings. The second-order valence-corrected chi connectivity index (χ2v) is 7.30. The second-order valence-electron chi connectivity index (χ2n) is 6.87. The Labute approximate surface area is 179 Å². The van der Waals surface area contributed by atoms with E-state index in [0.29, 0.717) is 48.6 Å². The molecule has 0 unspecified atom stereocenters. The number of amides is 1. The van der Waals surface area contributed by atoms with Gasteiger partial charge in [-0.15, -0.1) is 0 Å². The minimum Gasteiger partial charge on any atom is -0.439 e. The Hall–Kier alpha value is -3.32. The molecule has 0 radical (unpaired) electrons. The van der Waals surface area contributed by atoms with Crippen molar-refractivity contribution in [2.75, 3.05) is 31.1 Å². The number of carbonyl (C=O) groups is 1. The molecule has 1 fully saturated rings. The predicted octanol–water partition coefficient (Wildman–Crippen LogP) is 4.55. The van der Waals surface area contributed by atoms with Crippen molar-refractivity contribution in [3.8, 4) is 17.4 Å². The van der Waals surface area contributed by atoms with Gasteiger partial charge in [0.15, 0.2) is 0 Å². The number of aryl methyl sites for hydroxylation is 1. The molecule has 1 saturated heterocycles. The molecule has 0 aliphatic carbocycles. The Kier molecular flexibility index (Phi) is 5.99. The fourth-order valence-electron chi connectivity index (χ4n) is 3.11. The lowest BCUT2D eigenvalue weighted by atomic mass is 10.3. The quantitative estimate of drug-likeness (QED) is 0.612. The Morgan fingerprint density at radius 3 is 2.37 bits per heavy atom. The summed E-state index contributed by atoms with van der Waals surface area (Å²) in [6, 6.07) is 16.2. The highest BCUT2D eigenvalue weighted by atomic mass is 35.5. The van der Waals surface area contributed by atoms with Crippen LogP contribution in [0.3, 0.4) is 0 Å². The lowest BCUT2D eigenvalue weighted by Crippen LogP contribution is -2.49. The fourth-order valence-corrected chi connectivity index (χ4v) is 3.22. The summed E-state index contributed by atoms with van der Waals surface area (Å²) in [4.78, 5) is 25.0. The topological polar surface area (TPSA) is 67.8 Å². The Bertz CT molecular complexity index is 1000. The van der Waals surface area contributed by atoms with Gasteiger partial charge in [-0.2, -0.15) is 0 Å². The number of piperazine rings is 1. The lowest BCUT2D eigenvalue weighted by molar-refractivity contribution is 0.149. The van der Waals surface area contributed by atoms with E-state index in [1.807, 2.05) is 25.1 Å². The van der Waals surface area contributed by atoms with Crippen LogP contribution in [0.4, 0.5) is 10.6 Å². The first-order valence-corrected chi connectivity index (χ1v) is 9.99. The summed E-state index contributed by atoms with van der Waals surface area (Å²) >= 11 is 5.82. The number of ether oxygens (including phenoxy) is 2. The van der Waals surface area contributed by atoms with Crippen molar-refractivity contribution in [3.05, 3.63) is 71.5 Å². The fraction of sp³-hybridized carbons (Fsp3) is 0.227. The summed E-state index contributed by atoms with van der Waals surface area (Å²) in [7, 11) is 0. The van der Waals surface area contributed by atoms with E-state index < -0.39 is 0 Å². The molecule has 3 aromatic rings. The third-order valence-electron chi connectivity index (χ3n) is 4.69. The largest absolute Gasteiger partial charge is 0.439 e. The van der Waals surface area contributed by atoms with Crippen LogP contribution in [0.1, 0.15) is 5.69 Å². The number of halogens is 1. The van der Waals surface area contributed by atoms with E-state index >= 15 is 0 Å². The van der Waals surface area contributed by atoms with Gasteiger partial charge in [-0.3, -0.25) is 0 Å². The van der Waals surface area contributed by atoms with Crippen LogP contribution in [0.2, 0.25) is 5.02 Å². The van der Waals surface area contributed by atoms with Crippen molar-refractivity contribution < 1.29 is 14.3 Å². The van der Waals surface area contributed by atoms with Crippen molar-refractivity contribution in [1.29, 1.82) is 0 Å². The molecule has 0 saturated carbocycles. The molecule has 1 aromatic carbocycles. The number of rotatable bonds is 4. The van der Waals surface area contributed by atoms with Crippen molar-refractivity contribution in [2.24, 2.45) is 0 Å². The maximum atomic E-state index is 12.5. The highest BCUT2D eigenvalue weighted by Gasteiger charge is 2.23. The summed E-state index contributed by atoms with van der Waals surface area (Å²) in [5.74, 6) is 2.42. The number of nitrogens with zero attached hydrogens (tertiary/aromatic N) is 4. The molecule has 0 atom stereocenters. The zero-order valence-corrected chi connectivity index (χ0v) is 17.2. The van der Waals surface area contributed by atoms with Gasteiger partial charge in [0.2, 0.25) is 5.88 Å². The van der Waals surface area contributed by atoms with Gasteiger partial charge >= 0.3 is 6.09 Å². The van der Waals surface area contributed by atoms with E-state index in [-0.39, 0.29) is 6.09 Å². The van der Waals surface area contributed by atoms with Crippen molar-refractivity contribution in [3.63, 3.8) is 0 Å². The van der Waals surface area contributed by atoms with E-state index in [1.54, 1.807) is 41.3 Å². The van der Waals surface area contributed by atoms with Gasteiger partial charge in [-0.05, 0) is 49.4 Å². The summed E-state index contributed by atoms with van der Waals surface area (Å²) in [6.07, 6.45) is 1.15. The summed E-state index contributed by atoms with van der Waals surface area (Å²) in [6.45, 7) is 4.56. The number of aromatic nitrogens is 2. The minimum atomic E-state index is -0.361. The Balaban J connectivity index is 1.29. The molecule has 0 N–H and O–H groups in total. The maximum absolute atomic E-state index is 12.5. The van der Waals surface area contributed by atoms with Crippen LogP contribution in [-0.2, 0) is 0 Å². The van der Waals surface area contributed by atoms with Gasteiger partial charge in [0.05, 0.1) is 5.02 Å². The van der Waals surface area contributed by atoms with Gasteiger partial charge in [0.1, 0.15) is 17.3 Å². The molecule has 8 heteroatoms. The van der Waals surface area contributed by atoms with Crippen LogP contribution in [0.5, 0.6) is 17.4 Å². The van der Waals surface area contributed by atoms with E-state index in [4.69, 9.17) is 21.1 Å². The van der Waals surface area contributed by atoms with Crippen LogP contribution in [0, 0.1) is 6.92 Å². The molecule has 1 amide bonds. The first-order chi connectivity index (χ1) is 14.6. The average molecular weight is 425 g/mol. The highest BCUT2D eigenvalue weighted by Crippen LogP contribution is 2.24. The van der Waals surface area contributed by atoms with Gasteiger partial charge in [-0.25, -0.2) is 14.8 Å². The number of benzene rings is 1. The second kappa shape index (κ2) is 9.00. The molecule has 0 bridgehead atoms. The lowest BCUT2D eigenvalue weighted by Gasteiger charge is -2.34.